The molecule has 2 nitrogen and oxygen atoms in total. The monoisotopic (exact) mass is 179 g/mol. The Hall–Kier alpha value is 0.620. The summed E-state index contributed by atoms with van der Waals surface area (Å²) in [4.78, 5) is 4.90. The van der Waals surface area contributed by atoms with Gasteiger partial charge < -0.3 is 0 Å². The highest BCUT2D eigenvalue weighted by Crippen LogP contribution is 2.51. The summed E-state index contributed by atoms with van der Waals surface area (Å²) in [6.07, 6.45) is 0.183. The molecule has 0 radical (unpaired) electrons. The molecular formula is C6H13NOS2. The first-order valence-electron chi connectivity index (χ1n) is 3.28. The Labute approximate surface area is 69.6 Å². The summed E-state index contributed by atoms with van der Waals surface area (Å²) in [6, 6.07) is 0. The molecular weight excluding hydrogens is 166 g/mol. The molecule has 0 spiro atoms. The van der Waals surface area contributed by atoms with Crippen molar-refractivity contribution in [1.82, 2.24) is 0 Å². The van der Waals surface area contributed by atoms with E-state index in [1.165, 1.54) is 0 Å². The Morgan fingerprint density at radius 1 is 1.50 bits per heavy atom. The fourth-order valence-electron chi connectivity index (χ4n) is 1.14. The molecule has 1 aliphatic rings. The topological polar surface area (TPSA) is 35.2 Å². The van der Waals surface area contributed by atoms with E-state index in [0.717, 1.165) is 0 Å². The molecule has 1 saturated heterocycles. The fourth-order valence-corrected chi connectivity index (χ4v) is 4.27. The zero-order chi connectivity index (χ0) is 7.78. The zero-order valence-electron chi connectivity index (χ0n) is 6.46. The predicted molar refractivity (Wildman–Crippen MR) is 47.8 cm³/mol. The molecule has 0 saturated carbocycles. The van der Waals surface area contributed by atoms with Crippen LogP contribution in [-0.2, 0) is 4.84 Å². The summed E-state index contributed by atoms with van der Waals surface area (Å²) < 4.78 is 0.166. The molecule has 2 atom stereocenters. The highest BCUT2D eigenvalue weighted by molar-refractivity contribution is 8.77. The number of rotatable bonds is 1. The van der Waals surface area contributed by atoms with Gasteiger partial charge in [0.15, 0.2) is 0 Å². The van der Waals surface area contributed by atoms with Crippen LogP contribution in [0.4, 0.5) is 0 Å². The molecule has 1 heterocycles. The molecule has 1 aliphatic heterocycles. The molecule has 1 fully saturated rings. The van der Waals surface area contributed by atoms with Crippen LogP contribution in [0.2, 0.25) is 0 Å². The zero-order valence-corrected chi connectivity index (χ0v) is 8.09. The van der Waals surface area contributed by atoms with E-state index < -0.39 is 0 Å². The van der Waals surface area contributed by atoms with Gasteiger partial charge in [-0.2, -0.15) is 0 Å². The summed E-state index contributed by atoms with van der Waals surface area (Å²) in [5, 5.41) is 0.505. The summed E-state index contributed by atoms with van der Waals surface area (Å²) in [7, 11) is 3.70. The molecule has 1 rings (SSSR count). The lowest BCUT2D eigenvalue weighted by molar-refractivity contribution is 0.0370. The van der Waals surface area contributed by atoms with Crippen LogP contribution in [0.5, 0.6) is 0 Å². The second-order valence-corrected chi connectivity index (χ2v) is 6.28. The minimum atomic E-state index is 0.166. The van der Waals surface area contributed by atoms with Crippen molar-refractivity contribution >= 4 is 21.6 Å². The van der Waals surface area contributed by atoms with Crippen molar-refractivity contribution in [1.29, 1.82) is 0 Å². The lowest BCUT2D eigenvalue weighted by Gasteiger charge is -2.24. The van der Waals surface area contributed by atoms with E-state index in [0.29, 0.717) is 5.25 Å². The van der Waals surface area contributed by atoms with Crippen LogP contribution >= 0.6 is 21.6 Å². The molecule has 4 heteroatoms. The SMILES string of the molecule is CC1SSC(C)(C)C1ON. The molecule has 2 unspecified atom stereocenters. The van der Waals surface area contributed by atoms with Gasteiger partial charge in [-0.3, -0.25) is 4.84 Å². The van der Waals surface area contributed by atoms with E-state index in [9.17, 15) is 0 Å². The van der Waals surface area contributed by atoms with E-state index >= 15 is 0 Å². The van der Waals surface area contributed by atoms with Gasteiger partial charge in [0.1, 0.15) is 6.10 Å². The third-order valence-electron chi connectivity index (χ3n) is 1.67. The van der Waals surface area contributed by atoms with E-state index in [-0.39, 0.29) is 10.9 Å². The molecule has 0 aromatic carbocycles. The Morgan fingerprint density at radius 2 is 2.10 bits per heavy atom. The smallest absolute Gasteiger partial charge is 0.106 e. The number of nitrogens with two attached hydrogens (primary N) is 1. The minimum Gasteiger partial charge on any atom is -0.299 e. The van der Waals surface area contributed by atoms with Crippen LogP contribution in [0.15, 0.2) is 0 Å². The summed E-state index contributed by atoms with van der Waals surface area (Å²) in [5.74, 6) is 5.17. The standard InChI is InChI=1S/C6H13NOS2/c1-4-5(8-7)6(2,3)10-9-4/h4-5H,7H2,1-3H3. The first-order chi connectivity index (χ1) is 4.58. The van der Waals surface area contributed by atoms with E-state index in [4.69, 9.17) is 10.7 Å². The van der Waals surface area contributed by atoms with Gasteiger partial charge in [-0.05, 0) is 20.8 Å². The van der Waals surface area contributed by atoms with E-state index in [1.54, 1.807) is 0 Å². The Kier molecular flexibility index (Phi) is 2.55. The van der Waals surface area contributed by atoms with Gasteiger partial charge in [-0.25, -0.2) is 5.90 Å². The quantitative estimate of drug-likeness (QED) is 0.492. The Bertz CT molecular complexity index is 129. The van der Waals surface area contributed by atoms with Crippen LogP contribution in [0.3, 0.4) is 0 Å². The molecule has 10 heavy (non-hydrogen) atoms. The van der Waals surface area contributed by atoms with Gasteiger partial charge in [-0.15, -0.1) is 0 Å². The summed E-state index contributed by atoms with van der Waals surface area (Å²) in [6.45, 7) is 6.46. The van der Waals surface area contributed by atoms with Gasteiger partial charge in [0, 0.05) is 10.00 Å². The van der Waals surface area contributed by atoms with Crippen LogP contribution in [0, 0.1) is 0 Å². The van der Waals surface area contributed by atoms with Crippen LogP contribution < -0.4 is 5.90 Å². The van der Waals surface area contributed by atoms with Crippen molar-refractivity contribution in [2.24, 2.45) is 5.90 Å². The van der Waals surface area contributed by atoms with Gasteiger partial charge in [0.25, 0.3) is 0 Å². The lowest BCUT2D eigenvalue weighted by atomic mass is 10.0. The first-order valence-corrected chi connectivity index (χ1v) is 5.49. The average molecular weight is 179 g/mol. The van der Waals surface area contributed by atoms with Crippen LogP contribution in [-0.4, -0.2) is 16.1 Å². The highest BCUT2D eigenvalue weighted by Gasteiger charge is 2.42. The molecule has 0 aromatic rings. The van der Waals surface area contributed by atoms with Crippen molar-refractivity contribution in [3.63, 3.8) is 0 Å². The van der Waals surface area contributed by atoms with Gasteiger partial charge in [-0.1, -0.05) is 21.6 Å². The van der Waals surface area contributed by atoms with Crippen molar-refractivity contribution in [3.05, 3.63) is 0 Å². The molecule has 0 bridgehead atoms. The third kappa shape index (κ3) is 1.44. The fraction of sp³-hybridized carbons (Fsp3) is 1.00. The van der Waals surface area contributed by atoms with Crippen LogP contribution in [0.25, 0.3) is 0 Å². The Morgan fingerprint density at radius 3 is 2.30 bits per heavy atom. The lowest BCUT2D eigenvalue weighted by Crippen LogP contribution is -2.38. The second kappa shape index (κ2) is 2.93. The van der Waals surface area contributed by atoms with Crippen LogP contribution in [0.1, 0.15) is 20.8 Å². The molecule has 60 valence electrons. The second-order valence-electron chi connectivity index (χ2n) is 3.04. The number of hydrogen-bond donors (Lipinski definition) is 1. The van der Waals surface area contributed by atoms with Crippen molar-refractivity contribution in [2.45, 2.75) is 36.9 Å². The Balaban J connectivity index is 2.63. The largest absolute Gasteiger partial charge is 0.299 e. The minimum absolute atomic E-state index is 0.166. The molecule has 0 aromatic heterocycles. The summed E-state index contributed by atoms with van der Waals surface area (Å²) in [5.41, 5.74) is 0. The normalized spacial score (nSPS) is 38.4. The molecule has 2 N–H and O–H groups in total. The maximum Gasteiger partial charge on any atom is 0.106 e. The maximum atomic E-state index is 5.17. The van der Waals surface area contributed by atoms with Crippen molar-refractivity contribution in [2.75, 3.05) is 0 Å². The van der Waals surface area contributed by atoms with Gasteiger partial charge in [0.2, 0.25) is 0 Å². The maximum absolute atomic E-state index is 5.17. The average Bonchev–Trinajstić information content (AvgIpc) is 2.07. The van der Waals surface area contributed by atoms with Crippen molar-refractivity contribution in [3.8, 4) is 0 Å². The number of hydrogen-bond acceptors (Lipinski definition) is 4. The highest BCUT2D eigenvalue weighted by atomic mass is 33.1. The summed E-state index contributed by atoms with van der Waals surface area (Å²) >= 11 is 0. The van der Waals surface area contributed by atoms with Gasteiger partial charge in [0.05, 0.1) is 0 Å². The van der Waals surface area contributed by atoms with E-state index in [2.05, 4.69) is 20.8 Å². The third-order valence-corrected chi connectivity index (χ3v) is 5.47. The molecule has 0 amide bonds. The predicted octanol–water partition coefficient (Wildman–Crippen LogP) is 1.81. The van der Waals surface area contributed by atoms with Gasteiger partial charge >= 0.3 is 0 Å². The van der Waals surface area contributed by atoms with Crippen molar-refractivity contribution < 1.29 is 4.84 Å². The molecule has 0 aliphatic carbocycles. The first kappa shape index (κ1) is 8.71. The van der Waals surface area contributed by atoms with E-state index in [1.807, 2.05) is 21.6 Å².